The fraction of sp³-hybridized carbons (Fsp3) is 0.333. The van der Waals surface area contributed by atoms with Gasteiger partial charge in [0, 0.05) is 6.42 Å². The smallest absolute Gasteiger partial charge is 0.305 e. The van der Waals surface area contributed by atoms with Crippen molar-refractivity contribution < 1.29 is 9.53 Å². The van der Waals surface area contributed by atoms with E-state index in [9.17, 15) is 4.79 Å². The van der Waals surface area contributed by atoms with Crippen molar-refractivity contribution in [2.24, 2.45) is 0 Å². The predicted molar refractivity (Wildman–Crippen MR) is 56.2 cm³/mol. The van der Waals surface area contributed by atoms with E-state index in [0.29, 0.717) is 18.4 Å². The molecule has 0 radical (unpaired) electrons. The summed E-state index contributed by atoms with van der Waals surface area (Å²) in [4.78, 5) is 10.9. The fourth-order valence-corrected chi connectivity index (χ4v) is 1.35. The zero-order valence-electron chi connectivity index (χ0n) is 8.91. The summed E-state index contributed by atoms with van der Waals surface area (Å²) < 4.78 is 4.55. The van der Waals surface area contributed by atoms with Crippen LogP contribution in [0.5, 0.6) is 0 Å². The van der Waals surface area contributed by atoms with Gasteiger partial charge < -0.3 is 4.74 Å². The van der Waals surface area contributed by atoms with Crippen molar-refractivity contribution in [3.8, 4) is 6.07 Å². The van der Waals surface area contributed by atoms with Gasteiger partial charge in [-0.05, 0) is 30.5 Å². The summed E-state index contributed by atoms with van der Waals surface area (Å²) in [7, 11) is 1.36. The van der Waals surface area contributed by atoms with Gasteiger partial charge in [0.2, 0.25) is 0 Å². The molecule has 78 valence electrons. The van der Waals surface area contributed by atoms with E-state index in [2.05, 4.69) is 10.8 Å². The number of nitriles is 1. The third-order valence-corrected chi connectivity index (χ3v) is 2.21. The lowest BCUT2D eigenvalue weighted by Gasteiger charge is -2.03. The average Bonchev–Trinajstić information content (AvgIpc) is 2.26. The van der Waals surface area contributed by atoms with Crippen molar-refractivity contribution >= 4 is 5.97 Å². The molecular formula is C12H13NO2. The maximum atomic E-state index is 10.9. The highest BCUT2D eigenvalue weighted by Gasteiger charge is 2.05. The van der Waals surface area contributed by atoms with Crippen LogP contribution in [0.15, 0.2) is 18.2 Å². The number of esters is 1. The van der Waals surface area contributed by atoms with Crippen molar-refractivity contribution in [3.05, 3.63) is 34.9 Å². The maximum Gasteiger partial charge on any atom is 0.305 e. The molecule has 1 aromatic carbocycles. The molecule has 0 aliphatic carbocycles. The first-order valence-electron chi connectivity index (χ1n) is 4.74. The topological polar surface area (TPSA) is 50.1 Å². The Morgan fingerprint density at radius 2 is 2.27 bits per heavy atom. The number of rotatable bonds is 3. The number of ether oxygens (including phenoxy) is 1. The van der Waals surface area contributed by atoms with Gasteiger partial charge in [-0.15, -0.1) is 0 Å². The van der Waals surface area contributed by atoms with Crippen molar-refractivity contribution in [1.82, 2.24) is 0 Å². The van der Waals surface area contributed by atoms with E-state index in [1.165, 1.54) is 7.11 Å². The minimum absolute atomic E-state index is 0.250. The highest BCUT2D eigenvalue weighted by Crippen LogP contribution is 2.12. The molecule has 0 saturated heterocycles. The average molecular weight is 203 g/mol. The van der Waals surface area contributed by atoms with Crippen LogP contribution in [-0.4, -0.2) is 13.1 Å². The molecule has 0 aliphatic rings. The molecule has 1 aromatic rings. The lowest BCUT2D eigenvalue weighted by Crippen LogP contribution is -2.03. The van der Waals surface area contributed by atoms with E-state index in [1.54, 1.807) is 0 Å². The van der Waals surface area contributed by atoms with Crippen molar-refractivity contribution in [2.75, 3.05) is 7.11 Å². The van der Waals surface area contributed by atoms with Gasteiger partial charge in [0.25, 0.3) is 0 Å². The van der Waals surface area contributed by atoms with Gasteiger partial charge in [0.15, 0.2) is 0 Å². The summed E-state index contributed by atoms with van der Waals surface area (Å²) in [5.74, 6) is -0.250. The number of hydrogen-bond donors (Lipinski definition) is 0. The number of hydrogen-bond acceptors (Lipinski definition) is 3. The molecule has 1 rings (SSSR count). The van der Waals surface area contributed by atoms with E-state index < -0.39 is 0 Å². The first-order valence-corrected chi connectivity index (χ1v) is 4.74. The van der Waals surface area contributed by atoms with Crippen LogP contribution in [0.3, 0.4) is 0 Å². The highest BCUT2D eigenvalue weighted by atomic mass is 16.5. The van der Waals surface area contributed by atoms with Gasteiger partial charge in [-0.1, -0.05) is 12.1 Å². The largest absolute Gasteiger partial charge is 0.469 e. The quantitative estimate of drug-likeness (QED) is 0.706. The second-order valence-electron chi connectivity index (χ2n) is 3.35. The summed E-state index contributed by atoms with van der Waals surface area (Å²) in [6.07, 6.45) is 0.865. The minimum atomic E-state index is -0.250. The summed E-state index contributed by atoms with van der Waals surface area (Å²) in [6, 6.07) is 7.78. The predicted octanol–water partition coefficient (Wildman–Crippen LogP) is 1.97. The van der Waals surface area contributed by atoms with Crippen LogP contribution < -0.4 is 0 Å². The molecule has 0 spiro atoms. The minimum Gasteiger partial charge on any atom is -0.469 e. The third-order valence-electron chi connectivity index (χ3n) is 2.21. The lowest BCUT2D eigenvalue weighted by molar-refractivity contribution is -0.140. The van der Waals surface area contributed by atoms with E-state index in [1.807, 2.05) is 25.1 Å². The summed E-state index contributed by atoms with van der Waals surface area (Å²) >= 11 is 0. The van der Waals surface area contributed by atoms with E-state index in [4.69, 9.17) is 5.26 Å². The summed E-state index contributed by atoms with van der Waals surface area (Å²) in [5, 5.41) is 8.90. The Hall–Kier alpha value is -1.82. The molecule has 0 bridgehead atoms. The molecule has 0 aliphatic heterocycles. The molecule has 3 heteroatoms. The van der Waals surface area contributed by atoms with Crippen molar-refractivity contribution in [1.29, 1.82) is 5.26 Å². The highest BCUT2D eigenvalue weighted by molar-refractivity contribution is 5.69. The van der Waals surface area contributed by atoms with E-state index >= 15 is 0 Å². The van der Waals surface area contributed by atoms with E-state index in [-0.39, 0.29) is 5.97 Å². The Kier molecular flexibility index (Phi) is 3.87. The van der Waals surface area contributed by atoms with Crippen LogP contribution in [0.25, 0.3) is 0 Å². The Balaban J connectivity index is 2.77. The Labute approximate surface area is 89.3 Å². The van der Waals surface area contributed by atoms with Gasteiger partial charge >= 0.3 is 5.97 Å². The molecule has 0 unspecified atom stereocenters. The third kappa shape index (κ3) is 3.10. The van der Waals surface area contributed by atoms with Crippen LogP contribution in [0.1, 0.15) is 23.1 Å². The zero-order chi connectivity index (χ0) is 11.3. The second-order valence-corrected chi connectivity index (χ2v) is 3.35. The molecule has 0 aromatic heterocycles. The molecule has 0 fully saturated rings. The Morgan fingerprint density at radius 1 is 1.53 bits per heavy atom. The SMILES string of the molecule is COC(=O)CCc1ccc(C)cc1C#N. The summed E-state index contributed by atoms with van der Waals surface area (Å²) in [6.45, 7) is 1.94. The fourth-order valence-electron chi connectivity index (χ4n) is 1.35. The molecule has 0 amide bonds. The maximum absolute atomic E-state index is 10.9. The molecule has 0 saturated carbocycles. The van der Waals surface area contributed by atoms with Crippen molar-refractivity contribution in [2.45, 2.75) is 19.8 Å². The molecular weight excluding hydrogens is 190 g/mol. The Morgan fingerprint density at radius 3 is 2.87 bits per heavy atom. The molecule has 3 nitrogen and oxygen atoms in total. The van der Waals surface area contributed by atoms with Gasteiger partial charge in [-0.3, -0.25) is 4.79 Å². The monoisotopic (exact) mass is 203 g/mol. The number of aryl methyl sites for hydroxylation is 2. The van der Waals surface area contributed by atoms with Crippen LogP contribution in [-0.2, 0) is 16.0 Å². The number of carbonyl (C=O) groups is 1. The van der Waals surface area contributed by atoms with Crippen molar-refractivity contribution in [3.63, 3.8) is 0 Å². The standard InChI is InChI=1S/C12H13NO2/c1-9-3-4-10(11(7-9)8-13)5-6-12(14)15-2/h3-4,7H,5-6H2,1-2H3. The number of methoxy groups -OCH3 is 1. The van der Waals surface area contributed by atoms with Crippen LogP contribution in [0, 0.1) is 18.3 Å². The molecule has 15 heavy (non-hydrogen) atoms. The Bertz CT molecular complexity index is 405. The van der Waals surface area contributed by atoms with Gasteiger partial charge in [-0.2, -0.15) is 5.26 Å². The molecule has 0 heterocycles. The van der Waals surface area contributed by atoms with Crippen LogP contribution in [0.4, 0.5) is 0 Å². The van der Waals surface area contributed by atoms with Gasteiger partial charge in [-0.25, -0.2) is 0 Å². The first kappa shape index (κ1) is 11.3. The van der Waals surface area contributed by atoms with Gasteiger partial charge in [0.05, 0.1) is 18.7 Å². The normalized spacial score (nSPS) is 9.40. The number of benzene rings is 1. The van der Waals surface area contributed by atoms with Crippen LogP contribution in [0.2, 0.25) is 0 Å². The number of carbonyl (C=O) groups excluding carboxylic acids is 1. The first-order chi connectivity index (χ1) is 7.17. The molecule has 0 atom stereocenters. The summed E-state index contributed by atoms with van der Waals surface area (Å²) in [5.41, 5.74) is 2.58. The number of nitrogens with zero attached hydrogens (tertiary/aromatic N) is 1. The second kappa shape index (κ2) is 5.16. The molecule has 0 N–H and O–H groups in total. The lowest BCUT2D eigenvalue weighted by atomic mass is 10.0. The van der Waals surface area contributed by atoms with Gasteiger partial charge in [0.1, 0.15) is 0 Å². The zero-order valence-corrected chi connectivity index (χ0v) is 8.91. The van der Waals surface area contributed by atoms with Crippen LogP contribution >= 0.6 is 0 Å². The van der Waals surface area contributed by atoms with E-state index in [0.717, 1.165) is 11.1 Å².